The minimum atomic E-state index is -0.322. The first-order valence-electron chi connectivity index (χ1n) is 23.5. The summed E-state index contributed by atoms with van der Waals surface area (Å²) in [6.45, 7) is 15.6. The van der Waals surface area contributed by atoms with Crippen LogP contribution < -0.4 is 0 Å². The van der Waals surface area contributed by atoms with Gasteiger partial charge in [-0.25, -0.2) is 4.98 Å². The molecule has 69 heavy (non-hydrogen) atoms. The number of aromatic hydroxyl groups is 1. The van der Waals surface area contributed by atoms with E-state index in [-0.39, 0.29) is 43.1 Å². The van der Waals surface area contributed by atoms with Crippen molar-refractivity contribution in [2.24, 2.45) is 0 Å². The molecular formula is C64H56N3OPt-. The van der Waals surface area contributed by atoms with E-state index >= 15 is 0 Å². The Labute approximate surface area is 421 Å². The number of nitrogens with zero attached hydrogens (tertiary/aromatic N) is 3. The molecule has 0 radical (unpaired) electrons. The van der Waals surface area contributed by atoms with Crippen molar-refractivity contribution in [1.29, 1.82) is 0 Å². The fraction of sp³-hybridized carbons (Fsp3) is 0.156. The molecule has 10 aromatic rings. The zero-order chi connectivity index (χ0) is 47.2. The van der Waals surface area contributed by atoms with Gasteiger partial charge in [0, 0.05) is 43.9 Å². The summed E-state index contributed by atoms with van der Waals surface area (Å²) in [6.07, 6.45) is 1.89. The second kappa shape index (κ2) is 18.7. The van der Waals surface area contributed by atoms with Crippen LogP contribution in [0.25, 0.3) is 72.7 Å². The quantitative estimate of drug-likeness (QED) is 0.116. The van der Waals surface area contributed by atoms with Gasteiger partial charge in [-0.3, -0.25) is 9.55 Å². The fourth-order valence-electron chi connectivity index (χ4n) is 9.54. The topological polar surface area (TPSA) is 50.9 Å². The third kappa shape index (κ3) is 9.03. The number of rotatable bonds is 9. The van der Waals surface area contributed by atoms with Gasteiger partial charge in [-0.05, 0) is 98.7 Å². The van der Waals surface area contributed by atoms with Crippen LogP contribution >= 0.6 is 0 Å². The van der Waals surface area contributed by atoms with Crippen LogP contribution in [0.3, 0.4) is 0 Å². The van der Waals surface area contributed by atoms with E-state index in [0.717, 1.165) is 66.9 Å². The SMILES string of the molecule is CC(C)(C)c1ccc(O)c(-c2nc3c(-c4[c-]c(-c5cc(-c6ccc(C(C)(c7ccccc7)c7ccccc7)cc6)ccn5)ccc4)cccc3n2-c2ccc(C(C)(C)C)cc2-c2ccccc2)c1.[Pt]. The molecule has 0 saturated carbocycles. The normalized spacial score (nSPS) is 11.9. The molecule has 344 valence electrons. The smallest absolute Gasteiger partial charge is 0.148 e. The molecule has 0 aliphatic carbocycles. The molecule has 0 atom stereocenters. The minimum absolute atomic E-state index is 0. The van der Waals surface area contributed by atoms with Crippen molar-refractivity contribution < 1.29 is 26.2 Å². The molecule has 1 N–H and O–H groups in total. The van der Waals surface area contributed by atoms with E-state index in [1.807, 2.05) is 12.3 Å². The Morgan fingerprint density at radius 2 is 1.00 bits per heavy atom. The maximum absolute atomic E-state index is 11.7. The molecule has 10 rings (SSSR count). The minimum Gasteiger partial charge on any atom is -0.507 e. The molecule has 8 aromatic carbocycles. The van der Waals surface area contributed by atoms with E-state index in [1.54, 1.807) is 6.07 Å². The summed E-state index contributed by atoms with van der Waals surface area (Å²) in [5, 5.41) is 11.7. The Morgan fingerprint density at radius 3 is 1.64 bits per heavy atom. The Hall–Kier alpha value is -7.13. The molecule has 0 bridgehead atoms. The molecule has 0 aliphatic rings. The van der Waals surface area contributed by atoms with Crippen LogP contribution in [0.2, 0.25) is 0 Å². The van der Waals surface area contributed by atoms with E-state index in [4.69, 9.17) is 9.97 Å². The largest absolute Gasteiger partial charge is 0.507 e. The fourth-order valence-corrected chi connectivity index (χ4v) is 9.54. The molecular weight excluding hydrogens is 1020 g/mol. The molecule has 0 fully saturated rings. The van der Waals surface area contributed by atoms with E-state index in [0.29, 0.717) is 11.4 Å². The van der Waals surface area contributed by atoms with E-state index < -0.39 is 0 Å². The summed E-state index contributed by atoms with van der Waals surface area (Å²) in [7, 11) is 0. The second-order valence-electron chi connectivity index (χ2n) is 20.1. The number of phenolic OH excluding ortho intramolecular Hbond substituents is 1. The summed E-state index contributed by atoms with van der Waals surface area (Å²) in [6, 6.07) is 74.3. The average Bonchev–Trinajstić information content (AvgIpc) is 3.76. The third-order valence-corrected chi connectivity index (χ3v) is 13.6. The molecule has 0 aliphatic heterocycles. The summed E-state index contributed by atoms with van der Waals surface area (Å²) < 4.78 is 2.23. The van der Waals surface area contributed by atoms with Crippen molar-refractivity contribution in [2.45, 2.75) is 64.7 Å². The van der Waals surface area contributed by atoms with Crippen LogP contribution in [0.15, 0.2) is 206 Å². The Balaban J connectivity index is 0.00000593. The molecule has 2 aromatic heterocycles. The first-order valence-corrected chi connectivity index (χ1v) is 23.5. The van der Waals surface area contributed by atoms with Crippen molar-refractivity contribution in [1.82, 2.24) is 14.5 Å². The monoisotopic (exact) mass is 1080 g/mol. The summed E-state index contributed by atoms with van der Waals surface area (Å²) in [5.41, 5.74) is 16.9. The second-order valence-corrected chi connectivity index (χ2v) is 20.1. The standard InChI is InChI=1S/C64H56N3O.Pt/c1-62(2,3)51-33-35-57(54(41-51)44-19-11-8-12-20-44)67-58-28-18-27-53(60(58)66-61(67)55-42-52(63(4,5)6)34-36-59(55)68)46-21-17-22-47(39-46)56-40-45(37-38-65-56)43-29-31-50(32-30-43)64(7,48-23-13-9-14-24-48)49-25-15-10-16-26-49;/h8-38,40-42,68H,1-7H3;/q-1;. The van der Waals surface area contributed by atoms with Gasteiger partial charge < -0.3 is 5.11 Å². The Morgan fingerprint density at radius 1 is 0.449 bits per heavy atom. The van der Waals surface area contributed by atoms with E-state index in [1.165, 1.54) is 22.3 Å². The Kier molecular flexibility index (Phi) is 12.8. The maximum Gasteiger partial charge on any atom is 0.148 e. The number of hydrogen-bond donors (Lipinski definition) is 1. The molecule has 5 heteroatoms. The average molecular weight is 1080 g/mol. The number of benzene rings is 8. The van der Waals surface area contributed by atoms with E-state index in [9.17, 15) is 5.11 Å². The molecule has 4 nitrogen and oxygen atoms in total. The number of para-hydroxylation sites is 1. The van der Waals surface area contributed by atoms with Gasteiger partial charge in [-0.1, -0.05) is 198 Å². The molecule has 0 saturated heterocycles. The first kappa shape index (κ1) is 47.0. The van der Waals surface area contributed by atoms with Crippen molar-refractivity contribution >= 4 is 11.0 Å². The van der Waals surface area contributed by atoms with Crippen LogP contribution in [0, 0.1) is 6.07 Å². The van der Waals surface area contributed by atoms with Gasteiger partial charge in [0.1, 0.15) is 11.6 Å². The van der Waals surface area contributed by atoms with Crippen molar-refractivity contribution in [2.75, 3.05) is 0 Å². The van der Waals surface area contributed by atoms with Gasteiger partial charge in [0.05, 0.1) is 22.3 Å². The zero-order valence-electron chi connectivity index (χ0n) is 40.2. The molecule has 0 unspecified atom stereocenters. The van der Waals surface area contributed by atoms with Crippen molar-refractivity contribution in [3.05, 3.63) is 240 Å². The number of imidazole rings is 1. The number of pyridine rings is 1. The third-order valence-electron chi connectivity index (χ3n) is 13.6. The number of fused-ring (bicyclic) bond motifs is 1. The molecule has 2 heterocycles. The summed E-state index contributed by atoms with van der Waals surface area (Å²) in [5.74, 6) is 0.848. The van der Waals surface area contributed by atoms with Crippen LogP contribution in [0.4, 0.5) is 0 Å². The number of hydrogen-bond acceptors (Lipinski definition) is 3. The van der Waals surface area contributed by atoms with Crippen LogP contribution in [-0.2, 0) is 37.3 Å². The van der Waals surface area contributed by atoms with Crippen molar-refractivity contribution in [3.8, 4) is 67.5 Å². The van der Waals surface area contributed by atoms with Gasteiger partial charge in [-0.2, -0.15) is 0 Å². The van der Waals surface area contributed by atoms with Crippen LogP contribution in [0.1, 0.15) is 76.3 Å². The first-order chi connectivity index (χ1) is 32.8. The van der Waals surface area contributed by atoms with Gasteiger partial charge in [0.25, 0.3) is 0 Å². The summed E-state index contributed by atoms with van der Waals surface area (Å²) in [4.78, 5) is 10.4. The van der Waals surface area contributed by atoms with Gasteiger partial charge in [0.15, 0.2) is 0 Å². The predicted octanol–water partition coefficient (Wildman–Crippen LogP) is 16.2. The maximum atomic E-state index is 11.7. The number of aromatic nitrogens is 3. The molecule has 0 spiro atoms. The zero-order valence-corrected chi connectivity index (χ0v) is 42.5. The van der Waals surface area contributed by atoms with Gasteiger partial charge in [-0.15, -0.1) is 29.8 Å². The Bertz CT molecular complexity index is 3380. The van der Waals surface area contributed by atoms with Crippen LogP contribution in [0.5, 0.6) is 5.75 Å². The van der Waals surface area contributed by atoms with Gasteiger partial charge >= 0.3 is 0 Å². The van der Waals surface area contributed by atoms with E-state index in [2.05, 4.69) is 247 Å². The van der Waals surface area contributed by atoms with Gasteiger partial charge in [0.2, 0.25) is 0 Å². The predicted molar refractivity (Wildman–Crippen MR) is 282 cm³/mol. The molecule has 0 amide bonds. The number of phenols is 1. The van der Waals surface area contributed by atoms with Crippen LogP contribution in [-0.4, -0.2) is 19.6 Å². The van der Waals surface area contributed by atoms with Crippen molar-refractivity contribution in [3.63, 3.8) is 0 Å². The summed E-state index contributed by atoms with van der Waals surface area (Å²) >= 11 is 0.